The second kappa shape index (κ2) is 5.73. The second-order valence-electron chi connectivity index (χ2n) is 6.50. The van der Waals surface area contributed by atoms with E-state index in [-0.39, 0.29) is 10.8 Å². The van der Waals surface area contributed by atoms with Gasteiger partial charge >= 0.3 is 0 Å². The SMILES string of the molecule is CC(C)(C)c1cc(OI)cc(OI)c1C(C)(C)C. The summed E-state index contributed by atoms with van der Waals surface area (Å²) >= 11 is 3.84. The van der Waals surface area contributed by atoms with Crippen molar-refractivity contribution in [2.75, 3.05) is 0 Å². The first-order valence-corrected chi connectivity index (χ1v) is 7.63. The molecule has 1 aromatic rings. The third kappa shape index (κ3) is 3.65. The summed E-state index contributed by atoms with van der Waals surface area (Å²) in [5.74, 6) is 1.72. The van der Waals surface area contributed by atoms with Gasteiger partial charge in [-0.1, -0.05) is 41.5 Å². The topological polar surface area (TPSA) is 18.5 Å². The summed E-state index contributed by atoms with van der Waals surface area (Å²) in [6.45, 7) is 13.3. The van der Waals surface area contributed by atoms with Crippen molar-refractivity contribution in [3.8, 4) is 11.5 Å². The third-order valence-corrected chi connectivity index (χ3v) is 3.79. The fourth-order valence-corrected chi connectivity index (χ4v) is 2.66. The standard InChI is InChI=1S/C14H20I2O2/c1-13(2,3)10-7-9(17-15)8-11(18-16)12(10)14(4,5)6/h7-8H,1-6H3. The molecule has 2 nitrogen and oxygen atoms in total. The van der Waals surface area contributed by atoms with Gasteiger partial charge in [0.2, 0.25) is 0 Å². The van der Waals surface area contributed by atoms with E-state index in [9.17, 15) is 0 Å². The predicted molar refractivity (Wildman–Crippen MR) is 93.1 cm³/mol. The van der Waals surface area contributed by atoms with Crippen LogP contribution >= 0.6 is 46.0 Å². The molecule has 0 spiro atoms. The summed E-state index contributed by atoms with van der Waals surface area (Å²) in [6, 6.07) is 4.07. The van der Waals surface area contributed by atoms with E-state index in [2.05, 4.69) is 47.6 Å². The molecule has 0 saturated carbocycles. The molecule has 0 aliphatic heterocycles. The lowest BCUT2D eigenvalue weighted by molar-refractivity contribution is 0.509. The smallest absolute Gasteiger partial charge is 0.192 e. The molecule has 18 heavy (non-hydrogen) atoms. The lowest BCUT2D eigenvalue weighted by Crippen LogP contribution is -2.22. The van der Waals surface area contributed by atoms with Gasteiger partial charge in [0, 0.05) is 11.6 Å². The zero-order valence-corrected chi connectivity index (χ0v) is 16.0. The molecule has 0 bridgehead atoms. The van der Waals surface area contributed by atoms with Gasteiger partial charge in [0.05, 0.1) is 0 Å². The highest BCUT2D eigenvalue weighted by Crippen LogP contribution is 2.43. The van der Waals surface area contributed by atoms with E-state index >= 15 is 0 Å². The molecule has 0 amide bonds. The van der Waals surface area contributed by atoms with Gasteiger partial charge < -0.3 is 6.13 Å². The molecule has 0 unspecified atom stereocenters. The van der Waals surface area contributed by atoms with Gasteiger partial charge in [0.1, 0.15) is 11.5 Å². The fraction of sp³-hybridized carbons (Fsp3) is 0.571. The molecular weight excluding hydrogens is 454 g/mol. The van der Waals surface area contributed by atoms with Gasteiger partial charge in [-0.25, -0.2) is 0 Å². The van der Waals surface area contributed by atoms with Gasteiger partial charge in [-0.15, -0.1) is 0 Å². The average molecular weight is 474 g/mol. The van der Waals surface area contributed by atoms with Crippen LogP contribution in [-0.4, -0.2) is 0 Å². The first-order chi connectivity index (χ1) is 8.11. The van der Waals surface area contributed by atoms with Crippen molar-refractivity contribution in [2.24, 2.45) is 0 Å². The Kier molecular flexibility index (Phi) is 5.20. The summed E-state index contributed by atoms with van der Waals surface area (Å²) in [5.41, 5.74) is 2.61. The Labute approximate surface area is 138 Å². The van der Waals surface area contributed by atoms with E-state index in [1.807, 2.05) is 52.1 Å². The number of rotatable bonds is 2. The molecule has 0 aromatic heterocycles. The molecule has 102 valence electrons. The van der Waals surface area contributed by atoms with E-state index in [0.717, 1.165) is 11.5 Å². The van der Waals surface area contributed by atoms with Crippen molar-refractivity contribution in [2.45, 2.75) is 52.4 Å². The molecule has 0 aliphatic rings. The molecule has 0 atom stereocenters. The molecule has 0 heterocycles. The van der Waals surface area contributed by atoms with Crippen LogP contribution in [0.25, 0.3) is 0 Å². The minimum absolute atomic E-state index is 0.0346. The Morgan fingerprint density at radius 1 is 0.833 bits per heavy atom. The summed E-state index contributed by atoms with van der Waals surface area (Å²) in [5, 5.41) is 0. The number of hydrogen-bond acceptors (Lipinski definition) is 2. The summed E-state index contributed by atoms with van der Waals surface area (Å²) in [6.07, 6.45) is 0. The zero-order valence-electron chi connectivity index (χ0n) is 11.7. The molecule has 1 rings (SSSR count). The van der Waals surface area contributed by atoms with Crippen molar-refractivity contribution >= 4 is 46.0 Å². The third-order valence-electron chi connectivity index (χ3n) is 2.81. The minimum atomic E-state index is 0.0346. The molecule has 0 fully saturated rings. The van der Waals surface area contributed by atoms with Gasteiger partial charge in [0.25, 0.3) is 0 Å². The fourth-order valence-electron chi connectivity index (χ4n) is 2.06. The minimum Gasteiger partial charge on any atom is -0.428 e. The number of halogens is 2. The van der Waals surface area contributed by atoms with Gasteiger partial charge in [-0.3, -0.25) is 0 Å². The van der Waals surface area contributed by atoms with Crippen LogP contribution in [0.1, 0.15) is 52.7 Å². The summed E-state index contributed by atoms with van der Waals surface area (Å²) in [7, 11) is 0. The van der Waals surface area contributed by atoms with Crippen molar-refractivity contribution in [3.63, 3.8) is 0 Å². The predicted octanol–water partition coefficient (Wildman–Crippen LogP) is 5.74. The quantitative estimate of drug-likeness (QED) is 0.510. The lowest BCUT2D eigenvalue weighted by atomic mass is 9.74. The van der Waals surface area contributed by atoms with Crippen LogP contribution in [0.15, 0.2) is 12.1 Å². The number of hydrogen-bond donors (Lipinski definition) is 0. The van der Waals surface area contributed by atoms with E-state index in [1.54, 1.807) is 0 Å². The highest BCUT2D eigenvalue weighted by atomic mass is 127. The Morgan fingerprint density at radius 2 is 1.39 bits per heavy atom. The van der Waals surface area contributed by atoms with Gasteiger partial charge in [-0.05, 0) is 22.5 Å². The van der Waals surface area contributed by atoms with Crippen LogP contribution in [0.5, 0.6) is 11.5 Å². The molecular formula is C14H20I2O2. The highest BCUT2D eigenvalue weighted by Gasteiger charge is 2.29. The number of benzene rings is 1. The molecule has 0 aliphatic carbocycles. The Hall–Kier alpha value is 0.280. The maximum atomic E-state index is 5.54. The van der Waals surface area contributed by atoms with Crippen LogP contribution in [-0.2, 0) is 10.8 Å². The Balaban J connectivity index is 3.64. The summed E-state index contributed by atoms with van der Waals surface area (Å²) in [4.78, 5) is 0. The van der Waals surface area contributed by atoms with E-state index in [0.29, 0.717) is 0 Å². The largest absolute Gasteiger partial charge is 0.428 e. The van der Waals surface area contributed by atoms with E-state index in [1.165, 1.54) is 11.1 Å². The highest BCUT2D eigenvalue weighted by molar-refractivity contribution is 14.1. The zero-order chi connectivity index (χ0) is 14.1. The van der Waals surface area contributed by atoms with Crippen molar-refractivity contribution < 1.29 is 6.13 Å². The first kappa shape index (κ1) is 16.3. The van der Waals surface area contributed by atoms with Crippen LogP contribution in [0.4, 0.5) is 0 Å². The monoisotopic (exact) mass is 474 g/mol. The molecule has 0 saturated heterocycles. The van der Waals surface area contributed by atoms with Gasteiger partial charge in [0.15, 0.2) is 46.0 Å². The van der Waals surface area contributed by atoms with E-state index < -0.39 is 0 Å². The normalized spacial score (nSPS) is 12.4. The van der Waals surface area contributed by atoms with Crippen molar-refractivity contribution in [1.29, 1.82) is 0 Å². The lowest BCUT2D eigenvalue weighted by Gasteiger charge is -2.31. The first-order valence-electron chi connectivity index (χ1n) is 5.87. The van der Waals surface area contributed by atoms with Gasteiger partial charge in [-0.2, -0.15) is 0 Å². The second-order valence-corrected chi connectivity index (χ2v) is 7.38. The molecule has 4 heteroatoms. The Bertz CT molecular complexity index is 429. The maximum Gasteiger partial charge on any atom is 0.192 e. The van der Waals surface area contributed by atoms with Crippen molar-refractivity contribution in [1.82, 2.24) is 0 Å². The Morgan fingerprint density at radius 3 is 1.72 bits per heavy atom. The molecule has 1 aromatic carbocycles. The molecule has 0 N–H and O–H groups in total. The van der Waals surface area contributed by atoms with Crippen LogP contribution in [0.3, 0.4) is 0 Å². The maximum absolute atomic E-state index is 5.54. The van der Waals surface area contributed by atoms with Crippen LogP contribution in [0.2, 0.25) is 0 Å². The van der Waals surface area contributed by atoms with Crippen LogP contribution < -0.4 is 6.13 Å². The average Bonchev–Trinajstić information content (AvgIpc) is 2.24. The summed E-state index contributed by atoms with van der Waals surface area (Å²) < 4.78 is 10.9. The molecule has 0 radical (unpaired) electrons. The van der Waals surface area contributed by atoms with Crippen LogP contribution in [0, 0.1) is 0 Å². The van der Waals surface area contributed by atoms with E-state index in [4.69, 9.17) is 6.13 Å². The van der Waals surface area contributed by atoms with Crippen molar-refractivity contribution in [3.05, 3.63) is 23.3 Å².